The van der Waals surface area contributed by atoms with E-state index in [2.05, 4.69) is 11.8 Å². The highest BCUT2D eigenvalue weighted by molar-refractivity contribution is 5.74. The van der Waals surface area contributed by atoms with E-state index in [1.54, 1.807) is 11.6 Å². The minimum atomic E-state index is -0.864. The molecule has 172 valence electrons. The number of benzene rings is 1. The topological polar surface area (TPSA) is 94.5 Å². The second kappa shape index (κ2) is 8.82. The number of nitrogens with zero attached hydrogens (tertiary/aromatic N) is 5. The van der Waals surface area contributed by atoms with Crippen molar-refractivity contribution in [3.63, 3.8) is 0 Å². The quantitative estimate of drug-likeness (QED) is 0.622. The van der Waals surface area contributed by atoms with Gasteiger partial charge in [0.2, 0.25) is 5.95 Å². The number of aliphatic hydroxyl groups excluding tert-OH is 1. The Morgan fingerprint density at radius 2 is 1.84 bits per heavy atom. The molecule has 3 heterocycles. The fourth-order valence-electron chi connectivity index (χ4n) is 4.23. The first-order chi connectivity index (χ1) is 15.3. The lowest BCUT2D eigenvalue weighted by molar-refractivity contribution is 0.0932. The smallest absolute Gasteiger partial charge is 0.332 e. The fraction of sp³-hybridized carbons (Fsp3) is 0.522. The van der Waals surface area contributed by atoms with Crippen LogP contribution < -0.4 is 20.9 Å². The van der Waals surface area contributed by atoms with Gasteiger partial charge in [0.1, 0.15) is 18.5 Å². The number of aromatic nitrogens is 4. The van der Waals surface area contributed by atoms with Crippen LogP contribution >= 0.6 is 0 Å². The van der Waals surface area contributed by atoms with Gasteiger partial charge in [-0.05, 0) is 37.3 Å². The Balaban J connectivity index is 1.71. The summed E-state index contributed by atoms with van der Waals surface area (Å²) in [7, 11) is 3.07. The highest BCUT2D eigenvalue weighted by Gasteiger charge is 2.26. The molecule has 9 heteroatoms. The third-order valence-electron chi connectivity index (χ3n) is 6.31. The molecule has 32 heavy (non-hydrogen) atoms. The van der Waals surface area contributed by atoms with Crippen LogP contribution in [0.4, 0.5) is 5.95 Å². The zero-order chi connectivity index (χ0) is 23.0. The Hall–Kier alpha value is -3.07. The second-order valence-electron chi connectivity index (χ2n) is 8.80. The maximum atomic E-state index is 13.0. The summed E-state index contributed by atoms with van der Waals surface area (Å²) in [5.41, 5.74) is 0.797. The highest BCUT2D eigenvalue weighted by Crippen LogP contribution is 2.25. The van der Waals surface area contributed by atoms with E-state index in [-0.39, 0.29) is 13.2 Å². The van der Waals surface area contributed by atoms with Crippen molar-refractivity contribution in [2.45, 2.75) is 39.3 Å². The second-order valence-corrected chi connectivity index (χ2v) is 8.80. The Bertz CT molecular complexity index is 1230. The van der Waals surface area contributed by atoms with Gasteiger partial charge in [-0.3, -0.25) is 13.9 Å². The summed E-state index contributed by atoms with van der Waals surface area (Å²) < 4.78 is 10.0. The average molecular weight is 442 g/mol. The van der Waals surface area contributed by atoms with E-state index in [4.69, 9.17) is 9.72 Å². The summed E-state index contributed by atoms with van der Waals surface area (Å²) in [5.74, 6) is 1.96. The van der Waals surface area contributed by atoms with Crippen molar-refractivity contribution in [1.82, 2.24) is 18.7 Å². The number of hydrogen-bond acceptors (Lipinski definition) is 6. The Morgan fingerprint density at radius 3 is 2.53 bits per heavy atom. The molecular formula is C23H31N5O4. The molecule has 1 N–H and O–H groups in total. The molecule has 3 aromatic rings. The Labute approximate surface area is 186 Å². The predicted molar refractivity (Wildman–Crippen MR) is 124 cm³/mol. The molecule has 1 aliphatic rings. The van der Waals surface area contributed by atoms with Gasteiger partial charge in [0.25, 0.3) is 5.56 Å². The number of anilines is 1. The largest absolute Gasteiger partial charge is 0.491 e. The van der Waals surface area contributed by atoms with E-state index in [9.17, 15) is 14.7 Å². The summed E-state index contributed by atoms with van der Waals surface area (Å²) in [6, 6.07) is 7.63. The fourth-order valence-corrected chi connectivity index (χ4v) is 4.23. The van der Waals surface area contributed by atoms with E-state index < -0.39 is 17.4 Å². The van der Waals surface area contributed by atoms with Crippen LogP contribution in [-0.4, -0.2) is 49.6 Å². The van der Waals surface area contributed by atoms with Gasteiger partial charge >= 0.3 is 5.69 Å². The SMILES string of the molecule is Cc1ccccc1OC[C@H](O)Cn1c(N2CCC(C)CC2)nc2c1c(=O)n(C)c(=O)n2C. The molecular weight excluding hydrogens is 410 g/mol. The maximum absolute atomic E-state index is 13.0. The minimum absolute atomic E-state index is 0.0765. The molecule has 0 bridgehead atoms. The number of para-hydroxylation sites is 1. The maximum Gasteiger partial charge on any atom is 0.332 e. The van der Waals surface area contributed by atoms with E-state index in [0.29, 0.717) is 28.8 Å². The van der Waals surface area contributed by atoms with Gasteiger partial charge in [-0.2, -0.15) is 4.98 Å². The first-order valence-electron chi connectivity index (χ1n) is 11.1. The van der Waals surface area contributed by atoms with Gasteiger partial charge in [-0.25, -0.2) is 4.79 Å². The number of fused-ring (bicyclic) bond motifs is 1. The third-order valence-corrected chi connectivity index (χ3v) is 6.31. The highest BCUT2D eigenvalue weighted by atomic mass is 16.5. The number of aryl methyl sites for hydroxylation is 2. The van der Waals surface area contributed by atoms with Crippen molar-refractivity contribution in [1.29, 1.82) is 0 Å². The summed E-state index contributed by atoms with van der Waals surface area (Å²) in [4.78, 5) is 32.3. The van der Waals surface area contributed by atoms with Gasteiger partial charge in [0, 0.05) is 27.2 Å². The predicted octanol–water partition coefficient (Wildman–Crippen LogP) is 1.42. The molecule has 0 saturated carbocycles. The molecule has 1 fully saturated rings. The van der Waals surface area contributed by atoms with E-state index in [0.717, 1.165) is 36.1 Å². The molecule has 1 aromatic carbocycles. The lowest BCUT2D eigenvalue weighted by Crippen LogP contribution is -2.38. The van der Waals surface area contributed by atoms with Gasteiger partial charge in [-0.15, -0.1) is 0 Å². The Morgan fingerprint density at radius 1 is 1.16 bits per heavy atom. The average Bonchev–Trinajstić information content (AvgIpc) is 3.15. The molecule has 2 aromatic heterocycles. The van der Waals surface area contributed by atoms with Crippen LogP contribution in [0, 0.1) is 12.8 Å². The zero-order valence-corrected chi connectivity index (χ0v) is 19.1. The summed E-state index contributed by atoms with van der Waals surface area (Å²) in [6.45, 7) is 6.02. The van der Waals surface area contributed by atoms with Crippen LogP contribution in [0.2, 0.25) is 0 Å². The van der Waals surface area contributed by atoms with E-state index >= 15 is 0 Å². The number of piperidine rings is 1. The number of hydrogen-bond donors (Lipinski definition) is 1. The van der Waals surface area contributed by atoms with Gasteiger partial charge < -0.3 is 19.3 Å². The van der Waals surface area contributed by atoms with Crippen molar-refractivity contribution in [3.05, 3.63) is 50.7 Å². The molecule has 0 radical (unpaired) electrons. The third kappa shape index (κ3) is 4.04. The van der Waals surface area contributed by atoms with Crippen LogP contribution in [0.5, 0.6) is 5.75 Å². The molecule has 0 spiro atoms. The summed E-state index contributed by atoms with van der Waals surface area (Å²) in [5, 5.41) is 10.8. The number of imidazole rings is 1. The van der Waals surface area contributed by atoms with Crippen molar-refractivity contribution >= 4 is 17.1 Å². The molecule has 9 nitrogen and oxygen atoms in total. The first kappa shape index (κ1) is 22.1. The first-order valence-corrected chi connectivity index (χ1v) is 11.1. The molecule has 1 atom stereocenters. The molecule has 0 aliphatic carbocycles. The van der Waals surface area contributed by atoms with E-state index in [1.807, 2.05) is 31.2 Å². The van der Waals surface area contributed by atoms with Crippen LogP contribution in [-0.2, 0) is 20.6 Å². The number of ether oxygens (including phenoxy) is 1. The monoisotopic (exact) mass is 441 g/mol. The molecule has 0 unspecified atom stereocenters. The van der Waals surface area contributed by atoms with Gasteiger partial charge in [-0.1, -0.05) is 25.1 Å². The van der Waals surface area contributed by atoms with Crippen molar-refractivity contribution in [3.8, 4) is 5.75 Å². The normalized spacial score (nSPS) is 16.0. The van der Waals surface area contributed by atoms with E-state index in [1.165, 1.54) is 11.6 Å². The van der Waals surface area contributed by atoms with Gasteiger partial charge in [0.15, 0.2) is 11.2 Å². The molecule has 0 amide bonds. The summed E-state index contributed by atoms with van der Waals surface area (Å²) in [6.07, 6.45) is 1.19. The number of aliphatic hydroxyl groups is 1. The lowest BCUT2D eigenvalue weighted by Gasteiger charge is -2.31. The Kier molecular flexibility index (Phi) is 6.10. The van der Waals surface area contributed by atoms with Crippen LogP contribution in [0.15, 0.2) is 33.9 Å². The molecule has 1 aliphatic heterocycles. The van der Waals surface area contributed by atoms with Crippen LogP contribution in [0.25, 0.3) is 11.2 Å². The van der Waals surface area contributed by atoms with Crippen LogP contribution in [0.3, 0.4) is 0 Å². The van der Waals surface area contributed by atoms with Crippen molar-refractivity contribution in [2.24, 2.45) is 20.0 Å². The van der Waals surface area contributed by atoms with Crippen molar-refractivity contribution < 1.29 is 9.84 Å². The molecule has 1 saturated heterocycles. The minimum Gasteiger partial charge on any atom is -0.491 e. The summed E-state index contributed by atoms with van der Waals surface area (Å²) >= 11 is 0. The van der Waals surface area contributed by atoms with Crippen molar-refractivity contribution in [2.75, 3.05) is 24.6 Å². The van der Waals surface area contributed by atoms with Gasteiger partial charge in [0.05, 0.1) is 6.54 Å². The zero-order valence-electron chi connectivity index (χ0n) is 19.1. The standard InChI is InChI=1S/C23H31N5O4/c1-15-9-11-27(12-10-15)22-24-20-19(21(30)26(4)23(31)25(20)3)28(22)13-17(29)14-32-18-8-6-5-7-16(18)2/h5-8,15,17,29H,9-14H2,1-4H3/t17-/m1/s1. The number of rotatable bonds is 6. The molecule has 4 rings (SSSR count). The van der Waals surface area contributed by atoms with Crippen LogP contribution in [0.1, 0.15) is 25.3 Å². The lowest BCUT2D eigenvalue weighted by atomic mass is 10.00.